The van der Waals surface area contributed by atoms with Crippen molar-refractivity contribution in [3.63, 3.8) is 0 Å². The lowest BCUT2D eigenvalue weighted by Crippen LogP contribution is -2.00. The summed E-state index contributed by atoms with van der Waals surface area (Å²) in [6, 6.07) is 3.55. The van der Waals surface area contributed by atoms with Gasteiger partial charge in [0.1, 0.15) is 5.52 Å². The monoisotopic (exact) mass is 301 g/mol. The highest BCUT2D eigenvalue weighted by atomic mass is 16.5. The molecule has 114 valence electrons. The molecule has 0 aliphatic carbocycles. The summed E-state index contributed by atoms with van der Waals surface area (Å²) in [5, 5.41) is 3.09. The second-order valence-electron chi connectivity index (χ2n) is 4.37. The van der Waals surface area contributed by atoms with E-state index in [1.807, 2.05) is 0 Å². The zero-order valence-electron chi connectivity index (χ0n) is 12.4. The first-order valence-electron chi connectivity index (χ1n) is 6.48. The third-order valence-corrected chi connectivity index (χ3v) is 3.10. The quantitative estimate of drug-likeness (QED) is 0.745. The van der Waals surface area contributed by atoms with Crippen molar-refractivity contribution in [2.75, 3.05) is 26.6 Å². The summed E-state index contributed by atoms with van der Waals surface area (Å²) < 4.78 is 15.9. The lowest BCUT2D eigenvalue weighted by molar-refractivity contribution is 0.324. The van der Waals surface area contributed by atoms with Gasteiger partial charge in [0.15, 0.2) is 17.1 Å². The number of imidazole rings is 1. The minimum Gasteiger partial charge on any atom is -0.493 e. The average molecular weight is 301 g/mol. The molecular formula is C14H15N5O3. The van der Waals surface area contributed by atoms with Crippen LogP contribution in [0.5, 0.6) is 17.2 Å². The number of ether oxygens (including phenoxy) is 3. The minimum atomic E-state index is 0.425. The Morgan fingerprint density at radius 3 is 2.36 bits per heavy atom. The van der Waals surface area contributed by atoms with Crippen LogP contribution in [0.2, 0.25) is 0 Å². The molecule has 8 nitrogen and oxygen atoms in total. The Morgan fingerprint density at radius 1 is 1.00 bits per heavy atom. The topological polar surface area (TPSA) is 94.2 Å². The number of hydrogen-bond donors (Lipinski definition) is 2. The highest BCUT2D eigenvalue weighted by Crippen LogP contribution is 2.40. The molecule has 0 radical (unpaired) electrons. The number of methoxy groups -OCH3 is 3. The molecule has 2 N–H and O–H groups in total. The number of fused-ring (bicyclic) bond motifs is 1. The van der Waals surface area contributed by atoms with E-state index < -0.39 is 0 Å². The summed E-state index contributed by atoms with van der Waals surface area (Å²) in [5.74, 6) is 2.04. The Labute approximate surface area is 126 Å². The summed E-state index contributed by atoms with van der Waals surface area (Å²) in [6.07, 6.45) is 3.23. The fourth-order valence-corrected chi connectivity index (χ4v) is 2.08. The third kappa shape index (κ3) is 2.46. The molecule has 0 bridgehead atoms. The highest BCUT2D eigenvalue weighted by molar-refractivity contribution is 5.72. The Bertz CT molecular complexity index is 777. The van der Waals surface area contributed by atoms with Crippen LogP contribution in [0.1, 0.15) is 0 Å². The van der Waals surface area contributed by atoms with Gasteiger partial charge in [0.2, 0.25) is 11.7 Å². The zero-order valence-corrected chi connectivity index (χ0v) is 12.4. The van der Waals surface area contributed by atoms with E-state index in [1.165, 1.54) is 0 Å². The van der Waals surface area contributed by atoms with Crippen molar-refractivity contribution in [2.24, 2.45) is 0 Å². The molecule has 0 saturated carbocycles. The lowest BCUT2D eigenvalue weighted by atomic mass is 10.2. The summed E-state index contributed by atoms with van der Waals surface area (Å²) >= 11 is 0. The van der Waals surface area contributed by atoms with Crippen molar-refractivity contribution in [3.8, 4) is 17.2 Å². The SMILES string of the molecule is COc1cc(Nc2ncc3[nH]cnc3n2)cc(OC)c1OC. The van der Waals surface area contributed by atoms with E-state index in [-0.39, 0.29) is 0 Å². The van der Waals surface area contributed by atoms with Crippen molar-refractivity contribution in [3.05, 3.63) is 24.7 Å². The van der Waals surface area contributed by atoms with Crippen molar-refractivity contribution in [2.45, 2.75) is 0 Å². The number of aromatic amines is 1. The standard InChI is InChI=1S/C14H15N5O3/c1-20-10-4-8(5-11(21-2)12(10)22-3)18-14-15-6-9-13(19-14)17-7-16-9/h4-7H,1-3H3,(H2,15,16,17,18,19). The molecule has 0 aliphatic rings. The number of nitrogens with zero attached hydrogens (tertiary/aromatic N) is 3. The number of nitrogens with one attached hydrogen (secondary N) is 2. The van der Waals surface area contributed by atoms with Crippen LogP contribution in [-0.4, -0.2) is 41.3 Å². The maximum absolute atomic E-state index is 5.31. The van der Waals surface area contributed by atoms with Crippen LogP contribution in [0.15, 0.2) is 24.7 Å². The fraction of sp³-hybridized carbons (Fsp3) is 0.214. The fourth-order valence-electron chi connectivity index (χ4n) is 2.08. The van der Waals surface area contributed by atoms with Crippen LogP contribution in [0.25, 0.3) is 11.2 Å². The van der Waals surface area contributed by atoms with Gasteiger partial charge >= 0.3 is 0 Å². The van der Waals surface area contributed by atoms with E-state index in [4.69, 9.17) is 14.2 Å². The summed E-state index contributed by atoms with van der Waals surface area (Å²) in [7, 11) is 4.68. The molecule has 0 amide bonds. The van der Waals surface area contributed by atoms with E-state index in [0.29, 0.717) is 34.5 Å². The minimum absolute atomic E-state index is 0.425. The molecule has 3 rings (SSSR count). The Hall–Kier alpha value is -3.03. The van der Waals surface area contributed by atoms with Gasteiger partial charge in [-0.15, -0.1) is 0 Å². The molecule has 0 fully saturated rings. The summed E-state index contributed by atoms with van der Waals surface area (Å²) in [6.45, 7) is 0. The lowest BCUT2D eigenvalue weighted by Gasteiger charge is -2.14. The smallest absolute Gasteiger partial charge is 0.229 e. The first-order chi connectivity index (χ1) is 10.7. The maximum atomic E-state index is 5.31. The number of anilines is 2. The van der Waals surface area contributed by atoms with Crippen LogP contribution in [0.4, 0.5) is 11.6 Å². The van der Waals surface area contributed by atoms with E-state index in [0.717, 1.165) is 5.52 Å². The molecule has 3 aromatic rings. The molecule has 0 atom stereocenters. The second kappa shape index (κ2) is 5.76. The molecule has 2 aromatic heterocycles. The van der Waals surface area contributed by atoms with Gasteiger partial charge in [0.05, 0.1) is 33.9 Å². The molecule has 0 aliphatic heterocycles. The average Bonchev–Trinajstić information content (AvgIpc) is 3.01. The van der Waals surface area contributed by atoms with Crippen LogP contribution in [0.3, 0.4) is 0 Å². The van der Waals surface area contributed by atoms with Gasteiger partial charge in [-0.05, 0) is 0 Å². The zero-order chi connectivity index (χ0) is 15.5. The second-order valence-corrected chi connectivity index (χ2v) is 4.37. The summed E-state index contributed by atoms with van der Waals surface area (Å²) in [5.41, 5.74) is 2.07. The van der Waals surface area contributed by atoms with Crippen molar-refractivity contribution in [1.29, 1.82) is 0 Å². The van der Waals surface area contributed by atoms with Gasteiger partial charge in [-0.1, -0.05) is 0 Å². The summed E-state index contributed by atoms with van der Waals surface area (Å²) in [4.78, 5) is 15.6. The van der Waals surface area contributed by atoms with E-state index in [1.54, 1.807) is 46.0 Å². The van der Waals surface area contributed by atoms with E-state index in [9.17, 15) is 0 Å². The molecule has 2 heterocycles. The molecule has 0 unspecified atom stereocenters. The number of H-pyrrole nitrogens is 1. The Balaban J connectivity index is 1.97. The van der Waals surface area contributed by atoms with Gasteiger partial charge in [0.25, 0.3) is 0 Å². The van der Waals surface area contributed by atoms with Crippen LogP contribution in [0, 0.1) is 0 Å². The Morgan fingerprint density at radius 2 is 1.73 bits per heavy atom. The van der Waals surface area contributed by atoms with E-state index >= 15 is 0 Å². The normalized spacial score (nSPS) is 10.5. The van der Waals surface area contributed by atoms with Gasteiger partial charge in [-0.25, -0.2) is 9.97 Å². The largest absolute Gasteiger partial charge is 0.493 e. The highest BCUT2D eigenvalue weighted by Gasteiger charge is 2.14. The molecule has 0 saturated heterocycles. The maximum Gasteiger partial charge on any atom is 0.229 e. The molecular weight excluding hydrogens is 286 g/mol. The van der Waals surface area contributed by atoms with Gasteiger partial charge in [-0.3, -0.25) is 0 Å². The number of rotatable bonds is 5. The number of benzene rings is 1. The molecule has 22 heavy (non-hydrogen) atoms. The van der Waals surface area contributed by atoms with E-state index in [2.05, 4.69) is 25.3 Å². The van der Waals surface area contributed by atoms with Gasteiger partial charge in [-0.2, -0.15) is 4.98 Å². The van der Waals surface area contributed by atoms with Crippen LogP contribution < -0.4 is 19.5 Å². The number of aromatic nitrogens is 4. The number of hydrogen-bond acceptors (Lipinski definition) is 7. The molecule has 1 aromatic carbocycles. The Kier molecular flexibility index (Phi) is 3.65. The predicted octanol–water partition coefficient (Wildman–Crippen LogP) is 2.12. The predicted molar refractivity (Wildman–Crippen MR) is 81.1 cm³/mol. The first-order valence-corrected chi connectivity index (χ1v) is 6.48. The van der Waals surface area contributed by atoms with Crippen LogP contribution in [-0.2, 0) is 0 Å². The molecule has 8 heteroatoms. The van der Waals surface area contributed by atoms with Crippen molar-refractivity contribution < 1.29 is 14.2 Å². The first kappa shape index (κ1) is 13.9. The van der Waals surface area contributed by atoms with Gasteiger partial charge < -0.3 is 24.5 Å². The third-order valence-electron chi connectivity index (χ3n) is 3.10. The van der Waals surface area contributed by atoms with Crippen LogP contribution >= 0.6 is 0 Å². The van der Waals surface area contributed by atoms with Gasteiger partial charge in [0, 0.05) is 17.8 Å². The van der Waals surface area contributed by atoms with Crippen molar-refractivity contribution in [1.82, 2.24) is 19.9 Å². The molecule has 0 spiro atoms. The van der Waals surface area contributed by atoms with Crippen molar-refractivity contribution >= 4 is 22.8 Å².